The number of rotatable bonds is 1. The average molecular weight is 198 g/mol. The number of hydrogen-bond acceptors (Lipinski definition) is 0. The molecule has 76 valence electrons. The maximum Gasteiger partial charge on any atom is 0.212 e. The van der Waals surface area contributed by atoms with Crippen LogP contribution in [0.25, 0.3) is 15.7 Å². The fourth-order valence-electron chi connectivity index (χ4n) is 1.83. The van der Waals surface area contributed by atoms with Crippen LogP contribution in [-0.2, 0) is 7.05 Å². The molecule has 0 saturated heterocycles. The van der Waals surface area contributed by atoms with Crippen LogP contribution in [0, 0.1) is 6.57 Å². The van der Waals surface area contributed by atoms with E-state index in [-0.39, 0.29) is 0 Å². The summed E-state index contributed by atoms with van der Waals surface area (Å²) in [6, 6.07) is 6.34. The molecular weight excluding hydrogens is 184 g/mol. The molecule has 0 aliphatic carbocycles. The second kappa shape index (κ2) is 3.43. The molecule has 0 atom stereocenters. The monoisotopic (exact) mass is 198 g/mol. The topological polar surface area (TPSA) is 9.29 Å². The van der Waals surface area contributed by atoms with Crippen LogP contribution in [0.15, 0.2) is 24.4 Å². The molecule has 0 saturated carbocycles. The Kier molecular flexibility index (Phi) is 2.24. The molecular formula is C13H14N2. The van der Waals surface area contributed by atoms with Crippen molar-refractivity contribution in [3.05, 3.63) is 41.4 Å². The molecule has 1 heterocycles. The molecule has 2 rings (SSSR count). The Morgan fingerprint density at radius 2 is 2.07 bits per heavy atom. The van der Waals surface area contributed by atoms with Crippen molar-refractivity contribution in [1.82, 2.24) is 4.57 Å². The van der Waals surface area contributed by atoms with E-state index in [0.29, 0.717) is 5.92 Å². The number of nitrogens with zero attached hydrogens (tertiary/aromatic N) is 2. The van der Waals surface area contributed by atoms with Gasteiger partial charge in [0.15, 0.2) is 0 Å². The Hall–Kier alpha value is -1.75. The predicted octanol–water partition coefficient (Wildman–Crippen LogP) is 3.85. The summed E-state index contributed by atoms with van der Waals surface area (Å²) in [6.45, 7) is 11.4. The number of aryl methyl sites for hydroxylation is 1. The lowest BCUT2D eigenvalue weighted by molar-refractivity contribution is 0.865. The standard InChI is InChI=1S/C13H14N2/c1-9(2)10-5-6-11-12(14-3)8-15(4)13(11)7-10/h5-9H,1-2,4H3. The highest BCUT2D eigenvalue weighted by Gasteiger charge is 2.07. The molecule has 0 radical (unpaired) electrons. The van der Waals surface area contributed by atoms with E-state index in [9.17, 15) is 0 Å². The summed E-state index contributed by atoms with van der Waals surface area (Å²) in [4.78, 5) is 3.52. The first-order valence-electron chi connectivity index (χ1n) is 5.10. The summed E-state index contributed by atoms with van der Waals surface area (Å²) < 4.78 is 2.02. The van der Waals surface area contributed by atoms with E-state index in [1.54, 1.807) is 0 Å². The van der Waals surface area contributed by atoms with Crippen LogP contribution in [0.3, 0.4) is 0 Å². The van der Waals surface area contributed by atoms with E-state index < -0.39 is 0 Å². The predicted molar refractivity (Wildman–Crippen MR) is 63.3 cm³/mol. The van der Waals surface area contributed by atoms with Gasteiger partial charge < -0.3 is 4.57 Å². The molecule has 15 heavy (non-hydrogen) atoms. The Morgan fingerprint density at radius 3 is 2.67 bits per heavy atom. The minimum atomic E-state index is 0.528. The van der Waals surface area contributed by atoms with Crippen LogP contribution in [0.2, 0.25) is 0 Å². The van der Waals surface area contributed by atoms with E-state index in [1.807, 2.05) is 17.8 Å². The summed E-state index contributed by atoms with van der Waals surface area (Å²) >= 11 is 0. The second-order valence-corrected chi connectivity index (χ2v) is 4.17. The van der Waals surface area contributed by atoms with Gasteiger partial charge in [-0.25, -0.2) is 4.85 Å². The first-order chi connectivity index (χ1) is 7.13. The normalized spacial score (nSPS) is 10.9. The van der Waals surface area contributed by atoms with Crippen molar-refractivity contribution < 1.29 is 0 Å². The largest absolute Gasteiger partial charge is 0.362 e. The zero-order chi connectivity index (χ0) is 11.0. The van der Waals surface area contributed by atoms with Gasteiger partial charge in [-0.05, 0) is 17.5 Å². The first-order valence-corrected chi connectivity index (χ1v) is 5.10. The van der Waals surface area contributed by atoms with Crippen molar-refractivity contribution in [3.8, 4) is 0 Å². The molecule has 0 amide bonds. The smallest absolute Gasteiger partial charge is 0.212 e. The lowest BCUT2D eigenvalue weighted by Gasteiger charge is -2.06. The molecule has 0 bridgehead atoms. The third-order valence-electron chi connectivity index (χ3n) is 2.78. The van der Waals surface area contributed by atoms with Gasteiger partial charge in [0.2, 0.25) is 5.69 Å². The van der Waals surface area contributed by atoms with E-state index in [2.05, 4.69) is 36.9 Å². The molecule has 0 aliphatic heterocycles. The lowest BCUT2D eigenvalue weighted by Crippen LogP contribution is -1.89. The van der Waals surface area contributed by atoms with Crippen molar-refractivity contribution in [2.24, 2.45) is 7.05 Å². The summed E-state index contributed by atoms with van der Waals surface area (Å²) in [5, 5.41) is 1.05. The number of aromatic nitrogens is 1. The zero-order valence-corrected chi connectivity index (χ0v) is 9.28. The average Bonchev–Trinajstić information content (AvgIpc) is 2.55. The zero-order valence-electron chi connectivity index (χ0n) is 9.28. The number of fused-ring (bicyclic) bond motifs is 1. The van der Waals surface area contributed by atoms with Crippen LogP contribution in [0.5, 0.6) is 0 Å². The molecule has 0 spiro atoms. The van der Waals surface area contributed by atoms with Crippen molar-refractivity contribution in [2.75, 3.05) is 0 Å². The van der Waals surface area contributed by atoms with Crippen molar-refractivity contribution in [1.29, 1.82) is 0 Å². The van der Waals surface area contributed by atoms with Gasteiger partial charge in [0, 0.05) is 24.1 Å². The Bertz CT molecular complexity index is 541. The molecule has 1 aromatic heterocycles. The second-order valence-electron chi connectivity index (χ2n) is 4.17. The maximum absolute atomic E-state index is 7.09. The minimum Gasteiger partial charge on any atom is -0.362 e. The van der Waals surface area contributed by atoms with Crippen LogP contribution in [0.4, 0.5) is 5.69 Å². The van der Waals surface area contributed by atoms with Gasteiger partial charge in [-0.3, -0.25) is 0 Å². The fraction of sp³-hybridized carbons (Fsp3) is 0.308. The summed E-state index contributed by atoms with van der Waals surface area (Å²) in [6.07, 6.45) is 1.89. The summed E-state index contributed by atoms with van der Waals surface area (Å²) in [5.74, 6) is 0.528. The van der Waals surface area contributed by atoms with Gasteiger partial charge >= 0.3 is 0 Å². The number of hydrogen-bond donors (Lipinski definition) is 0. The highest BCUT2D eigenvalue weighted by Crippen LogP contribution is 2.30. The highest BCUT2D eigenvalue weighted by molar-refractivity contribution is 5.93. The SMILES string of the molecule is [C-]#[N+]c1cn(C)c2cc(C(C)C)ccc12. The Balaban J connectivity index is 2.73. The first kappa shape index (κ1) is 9.79. The van der Waals surface area contributed by atoms with E-state index >= 15 is 0 Å². The third kappa shape index (κ3) is 1.50. The van der Waals surface area contributed by atoms with Crippen LogP contribution < -0.4 is 0 Å². The highest BCUT2D eigenvalue weighted by atomic mass is 14.9. The quantitative estimate of drug-likeness (QED) is 0.616. The van der Waals surface area contributed by atoms with Crippen molar-refractivity contribution in [3.63, 3.8) is 0 Å². The summed E-state index contributed by atoms with van der Waals surface area (Å²) in [5.41, 5.74) is 3.20. The molecule has 2 heteroatoms. The molecule has 0 unspecified atom stereocenters. The third-order valence-corrected chi connectivity index (χ3v) is 2.78. The number of benzene rings is 1. The Morgan fingerprint density at radius 1 is 1.33 bits per heavy atom. The molecule has 0 N–H and O–H groups in total. The molecule has 1 aromatic carbocycles. The van der Waals surface area contributed by atoms with Crippen molar-refractivity contribution >= 4 is 16.6 Å². The van der Waals surface area contributed by atoms with Gasteiger partial charge in [-0.2, -0.15) is 0 Å². The minimum absolute atomic E-state index is 0.528. The van der Waals surface area contributed by atoms with Gasteiger partial charge in [0.1, 0.15) is 0 Å². The molecule has 0 aliphatic rings. The molecule has 2 nitrogen and oxygen atoms in total. The van der Waals surface area contributed by atoms with Gasteiger partial charge in [-0.1, -0.05) is 26.0 Å². The van der Waals surface area contributed by atoms with Gasteiger partial charge in [0.05, 0.1) is 6.57 Å². The van der Waals surface area contributed by atoms with Gasteiger partial charge in [0.25, 0.3) is 0 Å². The maximum atomic E-state index is 7.09. The fourth-order valence-corrected chi connectivity index (χ4v) is 1.83. The van der Waals surface area contributed by atoms with Gasteiger partial charge in [-0.15, -0.1) is 0 Å². The molecule has 0 fully saturated rings. The lowest BCUT2D eigenvalue weighted by atomic mass is 10.0. The van der Waals surface area contributed by atoms with E-state index in [0.717, 1.165) is 16.6 Å². The van der Waals surface area contributed by atoms with Crippen LogP contribution >= 0.6 is 0 Å². The van der Waals surface area contributed by atoms with Crippen molar-refractivity contribution in [2.45, 2.75) is 19.8 Å². The Labute approximate surface area is 90.0 Å². The van der Waals surface area contributed by atoms with Crippen LogP contribution in [-0.4, -0.2) is 4.57 Å². The van der Waals surface area contributed by atoms with E-state index in [1.165, 1.54) is 5.56 Å². The van der Waals surface area contributed by atoms with E-state index in [4.69, 9.17) is 6.57 Å². The van der Waals surface area contributed by atoms with Crippen LogP contribution in [0.1, 0.15) is 25.3 Å². The summed E-state index contributed by atoms with van der Waals surface area (Å²) in [7, 11) is 1.99. The molecule has 2 aromatic rings.